The summed E-state index contributed by atoms with van der Waals surface area (Å²) in [4.78, 5) is 10.3. The van der Waals surface area contributed by atoms with Gasteiger partial charge in [0.1, 0.15) is 12.4 Å². The molecule has 0 aliphatic heterocycles. The van der Waals surface area contributed by atoms with Crippen LogP contribution in [0.1, 0.15) is 25.5 Å². The van der Waals surface area contributed by atoms with Crippen molar-refractivity contribution in [2.45, 2.75) is 26.0 Å². The summed E-state index contributed by atoms with van der Waals surface area (Å²) < 4.78 is 10.5. The van der Waals surface area contributed by atoms with Gasteiger partial charge in [-0.1, -0.05) is 12.1 Å². The molecule has 0 spiro atoms. The first-order valence-electron chi connectivity index (χ1n) is 5.80. The van der Waals surface area contributed by atoms with Gasteiger partial charge in [0.05, 0.1) is 18.8 Å². The van der Waals surface area contributed by atoms with Crippen LogP contribution in [-0.2, 0) is 9.53 Å². The first kappa shape index (κ1) is 14.5. The molecule has 0 saturated heterocycles. The number of hydrogen-bond donors (Lipinski definition) is 2. The Morgan fingerprint density at radius 2 is 1.94 bits per heavy atom. The Balaban J connectivity index is 2.48. The maximum Gasteiger partial charge on any atom is 0.329 e. The number of rotatable bonds is 7. The highest BCUT2D eigenvalue weighted by molar-refractivity contribution is 5.67. The van der Waals surface area contributed by atoms with Crippen molar-refractivity contribution in [3.63, 3.8) is 0 Å². The van der Waals surface area contributed by atoms with Crippen LogP contribution in [0.2, 0.25) is 0 Å². The molecule has 0 amide bonds. The molecule has 1 aromatic carbocycles. The minimum atomic E-state index is -0.997. The van der Waals surface area contributed by atoms with Crippen molar-refractivity contribution in [1.82, 2.24) is 0 Å². The molecule has 3 N–H and O–H groups in total. The molecule has 1 unspecified atom stereocenters. The first-order chi connectivity index (χ1) is 8.49. The zero-order chi connectivity index (χ0) is 13.5. The van der Waals surface area contributed by atoms with E-state index in [4.69, 9.17) is 20.3 Å². The molecule has 0 radical (unpaired) electrons. The number of carbonyl (C=O) groups is 1. The highest BCUT2D eigenvalue weighted by Crippen LogP contribution is 2.17. The van der Waals surface area contributed by atoms with E-state index in [1.165, 1.54) is 0 Å². The summed E-state index contributed by atoms with van der Waals surface area (Å²) in [6.07, 6.45) is 0.128. The van der Waals surface area contributed by atoms with E-state index in [1.54, 1.807) is 0 Å². The van der Waals surface area contributed by atoms with Crippen molar-refractivity contribution in [3.05, 3.63) is 29.8 Å². The fraction of sp³-hybridized carbons (Fsp3) is 0.462. The van der Waals surface area contributed by atoms with E-state index in [2.05, 4.69) is 0 Å². The van der Waals surface area contributed by atoms with Crippen LogP contribution in [0.3, 0.4) is 0 Å². The second-order valence-corrected chi connectivity index (χ2v) is 4.25. The monoisotopic (exact) mass is 253 g/mol. The van der Waals surface area contributed by atoms with Crippen LogP contribution in [0, 0.1) is 0 Å². The van der Waals surface area contributed by atoms with E-state index in [0.717, 1.165) is 11.3 Å². The molecule has 0 heterocycles. The summed E-state index contributed by atoms with van der Waals surface area (Å²) in [7, 11) is 0. The number of carboxylic acid groups (broad SMARTS) is 1. The number of hydrogen-bond acceptors (Lipinski definition) is 4. The van der Waals surface area contributed by atoms with Crippen LogP contribution in [-0.4, -0.2) is 30.4 Å². The fourth-order valence-corrected chi connectivity index (χ4v) is 1.44. The van der Waals surface area contributed by atoms with Crippen molar-refractivity contribution < 1.29 is 19.4 Å². The lowest BCUT2D eigenvalue weighted by Crippen LogP contribution is -2.19. The number of benzene rings is 1. The predicted molar refractivity (Wildman–Crippen MR) is 67.6 cm³/mol. The molecule has 5 heteroatoms. The Bertz CT molecular complexity index is 375. The van der Waals surface area contributed by atoms with Gasteiger partial charge < -0.3 is 20.3 Å². The van der Waals surface area contributed by atoms with Gasteiger partial charge in [0.25, 0.3) is 0 Å². The molecule has 1 rings (SSSR count). The lowest BCUT2D eigenvalue weighted by Gasteiger charge is -2.14. The second kappa shape index (κ2) is 6.98. The molecular weight excluding hydrogens is 234 g/mol. The third-order valence-electron chi connectivity index (χ3n) is 2.20. The first-order valence-corrected chi connectivity index (χ1v) is 5.80. The number of ether oxygens (including phenoxy) is 2. The van der Waals surface area contributed by atoms with Gasteiger partial charge in [0.15, 0.2) is 0 Å². The molecular formula is C13H19NO4. The van der Waals surface area contributed by atoms with Crippen molar-refractivity contribution in [2.75, 3.05) is 13.2 Å². The molecule has 0 saturated carbocycles. The van der Waals surface area contributed by atoms with E-state index in [9.17, 15) is 4.79 Å². The summed E-state index contributed by atoms with van der Waals surface area (Å²) in [5.74, 6) is -0.213. The zero-order valence-electron chi connectivity index (χ0n) is 10.6. The lowest BCUT2D eigenvalue weighted by molar-refractivity contribution is -0.142. The summed E-state index contributed by atoms with van der Waals surface area (Å²) >= 11 is 0. The molecule has 18 heavy (non-hydrogen) atoms. The van der Waals surface area contributed by atoms with E-state index in [0.29, 0.717) is 0 Å². The molecule has 5 nitrogen and oxygen atoms in total. The average Bonchev–Trinajstić information content (AvgIpc) is 2.28. The SMILES string of the molecule is CC(C)Oc1ccc(C(N)COCC(=O)O)cc1. The number of carboxylic acids is 1. The lowest BCUT2D eigenvalue weighted by atomic mass is 10.1. The summed E-state index contributed by atoms with van der Waals surface area (Å²) in [5.41, 5.74) is 6.76. The van der Waals surface area contributed by atoms with Crippen LogP contribution in [0.15, 0.2) is 24.3 Å². The van der Waals surface area contributed by atoms with Crippen molar-refractivity contribution in [3.8, 4) is 5.75 Å². The topological polar surface area (TPSA) is 81.8 Å². The van der Waals surface area contributed by atoms with Crippen LogP contribution in [0.25, 0.3) is 0 Å². The second-order valence-electron chi connectivity index (χ2n) is 4.25. The molecule has 0 fully saturated rings. The number of nitrogens with two attached hydrogens (primary N) is 1. The number of aliphatic carboxylic acids is 1. The van der Waals surface area contributed by atoms with Gasteiger partial charge in [-0.15, -0.1) is 0 Å². The van der Waals surface area contributed by atoms with Crippen LogP contribution in [0.5, 0.6) is 5.75 Å². The molecule has 1 atom stereocenters. The zero-order valence-corrected chi connectivity index (χ0v) is 10.6. The van der Waals surface area contributed by atoms with Crippen molar-refractivity contribution >= 4 is 5.97 Å². The highest BCUT2D eigenvalue weighted by atomic mass is 16.5. The van der Waals surface area contributed by atoms with Gasteiger partial charge >= 0.3 is 5.97 Å². The van der Waals surface area contributed by atoms with Crippen molar-refractivity contribution in [1.29, 1.82) is 0 Å². The van der Waals surface area contributed by atoms with Crippen molar-refractivity contribution in [2.24, 2.45) is 5.73 Å². The minimum Gasteiger partial charge on any atom is -0.491 e. The van der Waals surface area contributed by atoms with E-state index in [1.807, 2.05) is 38.1 Å². The molecule has 100 valence electrons. The Kier molecular flexibility index (Phi) is 5.61. The molecule has 0 aliphatic carbocycles. The maximum atomic E-state index is 10.3. The minimum absolute atomic E-state index is 0.128. The van der Waals surface area contributed by atoms with E-state index < -0.39 is 5.97 Å². The Morgan fingerprint density at radius 1 is 1.33 bits per heavy atom. The summed E-state index contributed by atoms with van der Waals surface area (Å²) in [5, 5.41) is 8.43. The quantitative estimate of drug-likeness (QED) is 0.771. The smallest absolute Gasteiger partial charge is 0.329 e. The average molecular weight is 253 g/mol. The van der Waals surface area contributed by atoms with Gasteiger partial charge in [-0.05, 0) is 31.5 Å². The largest absolute Gasteiger partial charge is 0.491 e. The van der Waals surface area contributed by atoms with Gasteiger partial charge in [-0.3, -0.25) is 0 Å². The fourth-order valence-electron chi connectivity index (χ4n) is 1.44. The molecule has 0 bridgehead atoms. The van der Waals surface area contributed by atoms with Crippen LogP contribution < -0.4 is 10.5 Å². The van der Waals surface area contributed by atoms with E-state index in [-0.39, 0.29) is 25.4 Å². The predicted octanol–water partition coefficient (Wildman–Crippen LogP) is 1.57. The van der Waals surface area contributed by atoms with Crippen LogP contribution in [0.4, 0.5) is 0 Å². The Labute approximate surface area is 107 Å². The summed E-state index contributed by atoms with van der Waals surface area (Å²) in [6.45, 7) is 3.76. The molecule has 1 aromatic rings. The van der Waals surface area contributed by atoms with Gasteiger partial charge in [-0.2, -0.15) is 0 Å². The standard InChI is InChI=1S/C13H19NO4/c1-9(2)18-11-5-3-10(4-6-11)12(14)7-17-8-13(15)16/h3-6,9,12H,7-8,14H2,1-2H3,(H,15,16). The maximum absolute atomic E-state index is 10.3. The molecule has 0 aromatic heterocycles. The highest BCUT2D eigenvalue weighted by Gasteiger charge is 2.08. The normalized spacial score (nSPS) is 12.4. The van der Waals surface area contributed by atoms with Gasteiger partial charge in [-0.25, -0.2) is 4.79 Å². The third-order valence-corrected chi connectivity index (χ3v) is 2.20. The molecule has 0 aliphatic rings. The van der Waals surface area contributed by atoms with Gasteiger partial charge in [0, 0.05) is 0 Å². The summed E-state index contributed by atoms with van der Waals surface area (Å²) in [6, 6.07) is 7.05. The van der Waals surface area contributed by atoms with Crippen LogP contribution >= 0.6 is 0 Å². The Morgan fingerprint density at radius 3 is 2.44 bits per heavy atom. The third kappa shape index (κ3) is 5.16. The van der Waals surface area contributed by atoms with Gasteiger partial charge in [0.2, 0.25) is 0 Å². The van der Waals surface area contributed by atoms with E-state index >= 15 is 0 Å². The Hall–Kier alpha value is -1.59.